The topological polar surface area (TPSA) is 151 Å². The number of hydrazone groups is 2. The van der Waals surface area contributed by atoms with Gasteiger partial charge in [-0.15, -0.1) is 0 Å². The van der Waals surface area contributed by atoms with Crippen molar-refractivity contribution in [2.75, 3.05) is 12.1 Å². The number of thioether (sulfide) groups is 1. The van der Waals surface area contributed by atoms with Gasteiger partial charge in [-0.25, -0.2) is 10.0 Å². The number of methoxy groups -OCH3 is 1. The molecule has 1 saturated heterocycles. The van der Waals surface area contributed by atoms with Crippen molar-refractivity contribution in [2.45, 2.75) is 57.0 Å². The summed E-state index contributed by atoms with van der Waals surface area (Å²) in [6, 6.07) is 10.7. The number of nitrogens with one attached hydrogen (secondary N) is 2. The minimum atomic E-state index is -0.636. The van der Waals surface area contributed by atoms with Crippen LogP contribution in [0.2, 0.25) is 0 Å². The zero-order valence-corrected chi connectivity index (χ0v) is 23.8. The Kier molecular flexibility index (Phi) is 5.43. The fourth-order valence-electron chi connectivity index (χ4n) is 7.53. The number of amidine groups is 2. The molecule has 14 heteroatoms. The third kappa shape index (κ3) is 3.40. The number of fused-ring (bicyclic) bond motifs is 6. The van der Waals surface area contributed by atoms with Gasteiger partial charge < -0.3 is 4.74 Å². The van der Waals surface area contributed by atoms with Crippen molar-refractivity contribution in [3.63, 3.8) is 0 Å². The van der Waals surface area contributed by atoms with Crippen LogP contribution in [0.25, 0.3) is 0 Å². The summed E-state index contributed by atoms with van der Waals surface area (Å²) in [5.41, 5.74) is 7.20. The highest BCUT2D eigenvalue weighted by atomic mass is 32.2. The van der Waals surface area contributed by atoms with Crippen molar-refractivity contribution in [1.29, 1.82) is 0 Å². The van der Waals surface area contributed by atoms with Crippen LogP contribution in [0.1, 0.15) is 51.6 Å². The smallest absolute Gasteiger partial charge is 0.301 e. The third-order valence-corrected chi connectivity index (χ3v) is 11.5. The highest BCUT2D eigenvalue weighted by Crippen LogP contribution is 2.69. The van der Waals surface area contributed by atoms with Crippen molar-refractivity contribution >= 4 is 39.8 Å². The zero-order chi connectivity index (χ0) is 28.9. The predicted octanol–water partition coefficient (Wildman–Crippen LogP) is 4.73. The lowest BCUT2D eigenvalue weighted by atomic mass is 9.66. The molecule has 2 N–H and O–H groups in total. The molecule has 7 rings (SSSR count). The summed E-state index contributed by atoms with van der Waals surface area (Å²) in [6.07, 6.45) is 3.18. The normalized spacial score (nSPS) is 32.3. The second-order valence-corrected chi connectivity index (χ2v) is 13.2. The standard InChI is InChI=1S/C27H30N8O5S/c1-25(2)16-11-12-26(25,3)27(14-16)30-28-24-33(31-27)23-22(41-24)21(15-5-8-18(40-4)9-6-15)32(29-23)19-10-7-17(34(36)37)13-20(19)35(38)39/h5-10,13,16,21-22,30-31H,11-12,14H2,1-4H3/t16-,21?,22?,26-,27-/m1/s1. The molecular formula is C27H30N8O5S. The number of rotatable bonds is 5. The molecule has 2 aliphatic carbocycles. The van der Waals surface area contributed by atoms with E-state index in [1.165, 1.54) is 30.3 Å². The first kappa shape index (κ1) is 26.0. The number of anilines is 1. The number of non-ortho nitro benzene ring substituents is 1. The Hall–Kier alpha value is -3.91. The molecule has 3 heterocycles. The summed E-state index contributed by atoms with van der Waals surface area (Å²) in [5.74, 6) is 1.92. The molecule has 2 aromatic carbocycles. The van der Waals surface area contributed by atoms with Gasteiger partial charge in [0.15, 0.2) is 5.84 Å². The van der Waals surface area contributed by atoms with Crippen LogP contribution in [-0.4, -0.2) is 43.9 Å². The number of hydrogen-bond acceptors (Lipinski definition) is 12. The van der Waals surface area contributed by atoms with Crippen LogP contribution in [0.3, 0.4) is 0 Å². The Morgan fingerprint density at radius 2 is 1.85 bits per heavy atom. The van der Waals surface area contributed by atoms with E-state index in [1.807, 2.05) is 29.3 Å². The maximum atomic E-state index is 12.1. The van der Waals surface area contributed by atoms with Gasteiger partial charge in [0, 0.05) is 11.5 Å². The van der Waals surface area contributed by atoms with Gasteiger partial charge in [-0.05, 0) is 54.4 Å². The molecule has 2 aromatic rings. The third-order valence-electron chi connectivity index (χ3n) is 10.3. The van der Waals surface area contributed by atoms with Gasteiger partial charge in [0.25, 0.3) is 5.69 Å². The van der Waals surface area contributed by atoms with E-state index in [0.717, 1.165) is 29.6 Å². The molecule has 13 nitrogen and oxygen atoms in total. The molecule has 0 amide bonds. The van der Waals surface area contributed by atoms with E-state index in [-0.39, 0.29) is 33.1 Å². The minimum Gasteiger partial charge on any atom is -0.497 e. The van der Waals surface area contributed by atoms with Crippen LogP contribution in [0.5, 0.6) is 5.75 Å². The monoisotopic (exact) mass is 578 g/mol. The van der Waals surface area contributed by atoms with Crippen molar-refractivity contribution in [2.24, 2.45) is 27.0 Å². The Morgan fingerprint density at radius 3 is 2.46 bits per heavy atom. The van der Waals surface area contributed by atoms with Gasteiger partial charge in [0.1, 0.15) is 22.3 Å². The van der Waals surface area contributed by atoms with E-state index < -0.39 is 21.6 Å². The number of benzene rings is 2. The number of nitro groups is 2. The van der Waals surface area contributed by atoms with Crippen LogP contribution in [-0.2, 0) is 0 Å². The largest absolute Gasteiger partial charge is 0.497 e. The first-order valence-corrected chi connectivity index (χ1v) is 14.4. The molecule has 2 saturated carbocycles. The lowest BCUT2D eigenvalue weighted by molar-refractivity contribution is -0.393. The highest BCUT2D eigenvalue weighted by molar-refractivity contribution is 8.15. The molecule has 2 unspecified atom stereocenters. The van der Waals surface area contributed by atoms with Crippen molar-refractivity contribution in [3.8, 4) is 5.75 Å². The molecule has 41 heavy (non-hydrogen) atoms. The summed E-state index contributed by atoms with van der Waals surface area (Å²) in [6.45, 7) is 7.00. The van der Waals surface area contributed by atoms with Gasteiger partial charge in [-0.2, -0.15) is 15.6 Å². The van der Waals surface area contributed by atoms with Crippen LogP contribution < -0.4 is 20.6 Å². The summed E-state index contributed by atoms with van der Waals surface area (Å²) >= 11 is 1.53. The Labute approximate surface area is 240 Å². The van der Waals surface area contributed by atoms with E-state index >= 15 is 0 Å². The number of hydrazine groups is 1. The molecule has 1 spiro atoms. The molecule has 2 bridgehead atoms. The average Bonchev–Trinajstić information content (AvgIpc) is 3.60. The fraction of sp³-hybridized carbons (Fsp3) is 0.481. The van der Waals surface area contributed by atoms with Gasteiger partial charge in [0.05, 0.1) is 29.1 Å². The summed E-state index contributed by atoms with van der Waals surface area (Å²) in [5, 5.41) is 37.4. The van der Waals surface area contributed by atoms with E-state index in [0.29, 0.717) is 17.5 Å². The number of nitro benzene ring substituents is 2. The maximum Gasteiger partial charge on any atom is 0.301 e. The van der Waals surface area contributed by atoms with Crippen molar-refractivity contribution in [3.05, 3.63) is 68.3 Å². The van der Waals surface area contributed by atoms with E-state index in [4.69, 9.17) is 14.9 Å². The molecule has 3 fully saturated rings. The highest BCUT2D eigenvalue weighted by Gasteiger charge is 2.71. The van der Waals surface area contributed by atoms with Crippen LogP contribution in [0.4, 0.5) is 17.1 Å². The molecule has 5 atom stereocenters. The fourth-order valence-corrected chi connectivity index (χ4v) is 8.76. The number of ether oxygens (including phenoxy) is 1. The first-order valence-electron chi connectivity index (χ1n) is 13.5. The maximum absolute atomic E-state index is 12.1. The van der Waals surface area contributed by atoms with Crippen LogP contribution in [0, 0.1) is 37.0 Å². The Balaban J connectivity index is 1.33. The van der Waals surface area contributed by atoms with E-state index in [9.17, 15) is 20.2 Å². The average molecular weight is 579 g/mol. The molecule has 3 aliphatic heterocycles. The zero-order valence-electron chi connectivity index (χ0n) is 23.0. The Morgan fingerprint density at radius 1 is 1.10 bits per heavy atom. The van der Waals surface area contributed by atoms with Crippen LogP contribution in [0.15, 0.2) is 52.7 Å². The molecule has 5 aliphatic rings. The number of nitrogens with zero attached hydrogens (tertiary/aromatic N) is 6. The lowest BCUT2D eigenvalue weighted by Crippen LogP contribution is -2.72. The molecular weight excluding hydrogens is 548 g/mol. The predicted molar refractivity (Wildman–Crippen MR) is 154 cm³/mol. The Bertz CT molecular complexity index is 1550. The van der Waals surface area contributed by atoms with Gasteiger partial charge >= 0.3 is 5.69 Å². The van der Waals surface area contributed by atoms with E-state index in [2.05, 4.69) is 31.6 Å². The SMILES string of the molecule is COc1ccc(C2C3SC4=NN[C@]5(C[C@H]6CC[C@]5(C)C6(C)C)NN4C3=NN2c2ccc([N+](=O)[O-])cc2[N+](=O)[O-])cc1. The van der Waals surface area contributed by atoms with Gasteiger partial charge in [-0.3, -0.25) is 25.7 Å². The number of hydrogen-bond donors (Lipinski definition) is 2. The lowest BCUT2D eigenvalue weighted by Gasteiger charge is -2.51. The van der Waals surface area contributed by atoms with Gasteiger partial charge in [-0.1, -0.05) is 44.7 Å². The summed E-state index contributed by atoms with van der Waals surface area (Å²) in [4.78, 5) is 22.3. The van der Waals surface area contributed by atoms with Gasteiger partial charge in [0.2, 0.25) is 5.17 Å². The second kappa shape index (κ2) is 8.55. The summed E-state index contributed by atoms with van der Waals surface area (Å²) in [7, 11) is 1.59. The van der Waals surface area contributed by atoms with Crippen LogP contribution >= 0.6 is 11.8 Å². The first-order chi connectivity index (χ1) is 19.5. The second-order valence-electron chi connectivity index (χ2n) is 12.1. The molecule has 0 radical (unpaired) electrons. The molecule has 214 valence electrons. The van der Waals surface area contributed by atoms with Crippen molar-refractivity contribution < 1.29 is 14.6 Å². The van der Waals surface area contributed by atoms with Crippen molar-refractivity contribution in [1.82, 2.24) is 15.9 Å². The quantitative estimate of drug-likeness (QED) is 0.377. The molecule has 0 aromatic heterocycles. The van der Waals surface area contributed by atoms with E-state index in [1.54, 1.807) is 12.1 Å². The minimum absolute atomic E-state index is 0.0617. The summed E-state index contributed by atoms with van der Waals surface area (Å²) < 4.78 is 5.35.